The van der Waals surface area contributed by atoms with E-state index in [2.05, 4.69) is 16.6 Å². The van der Waals surface area contributed by atoms with Gasteiger partial charge in [0.05, 0.1) is 18.6 Å². The van der Waals surface area contributed by atoms with Crippen LogP contribution in [0.15, 0.2) is 0 Å². The van der Waals surface area contributed by atoms with Crippen molar-refractivity contribution in [3.63, 3.8) is 0 Å². The third-order valence-corrected chi connectivity index (χ3v) is 2.89. The minimum Gasteiger partial charge on any atom is -0.469 e. The summed E-state index contributed by atoms with van der Waals surface area (Å²) in [6.07, 6.45) is 1.84. The standard InChI is InChI=1S/C11H21NO3/c1-4-5-11(14)7-12(8-11)6-9(2)10(13)15-3/h9,14H,4-8H2,1-3H3. The summed E-state index contributed by atoms with van der Waals surface area (Å²) >= 11 is 0. The van der Waals surface area contributed by atoms with Crippen molar-refractivity contribution >= 4 is 5.97 Å². The van der Waals surface area contributed by atoms with Crippen molar-refractivity contribution in [1.82, 2.24) is 4.90 Å². The molecule has 1 atom stereocenters. The number of rotatable bonds is 5. The number of ether oxygens (including phenoxy) is 1. The second-order valence-corrected chi connectivity index (χ2v) is 4.57. The molecule has 0 spiro atoms. The third kappa shape index (κ3) is 3.18. The Bertz CT molecular complexity index is 224. The Kier molecular flexibility index (Phi) is 4.11. The van der Waals surface area contributed by atoms with Gasteiger partial charge in [-0.15, -0.1) is 0 Å². The molecule has 0 bridgehead atoms. The topological polar surface area (TPSA) is 49.8 Å². The van der Waals surface area contributed by atoms with E-state index in [4.69, 9.17) is 0 Å². The molecule has 4 nitrogen and oxygen atoms in total. The first-order valence-electron chi connectivity index (χ1n) is 5.53. The molecule has 4 heteroatoms. The van der Waals surface area contributed by atoms with E-state index in [9.17, 15) is 9.90 Å². The molecule has 0 aromatic rings. The number of aliphatic hydroxyl groups is 1. The lowest BCUT2D eigenvalue weighted by Crippen LogP contribution is -2.62. The van der Waals surface area contributed by atoms with Gasteiger partial charge >= 0.3 is 5.97 Å². The fraction of sp³-hybridized carbons (Fsp3) is 0.909. The Morgan fingerprint density at radius 1 is 1.60 bits per heavy atom. The minimum absolute atomic E-state index is 0.110. The van der Waals surface area contributed by atoms with Gasteiger partial charge in [-0.05, 0) is 6.42 Å². The second-order valence-electron chi connectivity index (χ2n) is 4.57. The Hall–Kier alpha value is -0.610. The van der Waals surface area contributed by atoms with Crippen molar-refractivity contribution in [2.24, 2.45) is 5.92 Å². The van der Waals surface area contributed by atoms with Gasteiger partial charge in [0.2, 0.25) is 0 Å². The van der Waals surface area contributed by atoms with E-state index in [1.165, 1.54) is 7.11 Å². The van der Waals surface area contributed by atoms with Crippen molar-refractivity contribution in [3.05, 3.63) is 0 Å². The number of hydrogen-bond donors (Lipinski definition) is 1. The van der Waals surface area contributed by atoms with Crippen LogP contribution in [0.5, 0.6) is 0 Å². The molecule has 1 heterocycles. The summed E-state index contributed by atoms with van der Waals surface area (Å²) in [6, 6.07) is 0. The molecule has 1 unspecified atom stereocenters. The monoisotopic (exact) mass is 215 g/mol. The average molecular weight is 215 g/mol. The van der Waals surface area contributed by atoms with Gasteiger partial charge in [-0.1, -0.05) is 20.3 Å². The van der Waals surface area contributed by atoms with Gasteiger partial charge in [0.25, 0.3) is 0 Å². The van der Waals surface area contributed by atoms with Gasteiger partial charge in [0.15, 0.2) is 0 Å². The number of esters is 1. The maximum Gasteiger partial charge on any atom is 0.309 e. The number of likely N-dealkylation sites (tertiary alicyclic amines) is 1. The first-order valence-corrected chi connectivity index (χ1v) is 5.53. The molecule has 0 saturated carbocycles. The quantitative estimate of drug-likeness (QED) is 0.684. The van der Waals surface area contributed by atoms with Crippen molar-refractivity contribution in [2.75, 3.05) is 26.7 Å². The van der Waals surface area contributed by atoms with Gasteiger partial charge in [0, 0.05) is 19.6 Å². The molecule has 1 aliphatic rings. The normalized spacial score (nSPS) is 21.9. The van der Waals surface area contributed by atoms with Gasteiger partial charge < -0.3 is 9.84 Å². The molecule has 0 amide bonds. The molecule has 0 radical (unpaired) electrons. The van der Waals surface area contributed by atoms with Crippen LogP contribution in [-0.2, 0) is 9.53 Å². The van der Waals surface area contributed by atoms with Crippen LogP contribution in [0.25, 0.3) is 0 Å². The first-order chi connectivity index (χ1) is 7.00. The highest BCUT2D eigenvalue weighted by molar-refractivity contribution is 5.72. The summed E-state index contributed by atoms with van der Waals surface area (Å²) in [5, 5.41) is 9.93. The van der Waals surface area contributed by atoms with E-state index in [-0.39, 0.29) is 11.9 Å². The molecule has 1 N–H and O–H groups in total. The van der Waals surface area contributed by atoms with Gasteiger partial charge in [-0.2, -0.15) is 0 Å². The van der Waals surface area contributed by atoms with E-state index in [0.717, 1.165) is 12.8 Å². The molecule has 1 aliphatic heterocycles. The number of β-amino-alcohol motifs (C(OH)–C–C–N with tert-alkyl or cyclic N) is 1. The van der Waals surface area contributed by atoms with Crippen LogP contribution >= 0.6 is 0 Å². The Morgan fingerprint density at radius 3 is 2.67 bits per heavy atom. The lowest BCUT2D eigenvalue weighted by atomic mass is 9.88. The zero-order valence-corrected chi connectivity index (χ0v) is 9.82. The SMILES string of the molecule is CCCC1(O)CN(CC(C)C(=O)OC)C1. The summed E-state index contributed by atoms with van der Waals surface area (Å²) in [7, 11) is 1.41. The highest BCUT2D eigenvalue weighted by Crippen LogP contribution is 2.26. The molecular weight excluding hydrogens is 194 g/mol. The largest absolute Gasteiger partial charge is 0.469 e. The van der Waals surface area contributed by atoms with E-state index >= 15 is 0 Å². The maximum atomic E-state index is 11.2. The molecule has 0 aromatic carbocycles. The Morgan fingerprint density at radius 2 is 2.20 bits per heavy atom. The highest BCUT2D eigenvalue weighted by atomic mass is 16.5. The molecule has 88 valence electrons. The number of methoxy groups -OCH3 is 1. The lowest BCUT2D eigenvalue weighted by molar-refractivity contribution is -0.149. The van der Waals surface area contributed by atoms with E-state index in [1.54, 1.807) is 0 Å². The smallest absolute Gasteiger partial charge is 0.309 e. The van der Waals surface area contributed by atoms with Gasteiger partial charge in [-0.25, -0.2) is 0 Å². The van der Waals surface area contributed by atoms with Crippen LogP contribution in [0, 0.1) is 5.92 Å². The maximum absolute atomic E-state index is 11.2. The van der Waals surface area contributed by atoms with Crippen LogP contribution in [-0.4, -0.2) is 48.3 Å². The number of carbonyl (C=O) groups is 1. The summed E-state index contributed by atoms with van der Waals surface area (Å²) in [5.41, 5.74) is -0.509. The van der Waals surface area contributed by atoms with Crippen LogP contribution in [0.4, 0.5) is 0 Å². The molecule has 0 aromatic heterocycles. The zero-order valence-electron chi connectivity index (χ0n) is 9.82. The number of nitrogens with zero attached hydrogens (tertiary/aromatic N) is 1. The highest BCUT2D eigenvalue weighted by Gasteiger charge is 2.40. The third-order valence-electron chi connectivity index (χ3n) is 2.89. The molecule has 15 heavy (non-hydrogen) atoms. The molecule has 1 saturated heterocycles. The number of hydrogen-bond acceptors (Lipinski definition) is 4. The predicted octanol–water partition coefficient (Wildman–Crippen LogP) is 0.642. The zero-order chi connectivity index (χ0) is 11.5. The Labute approximate surface area is 91.2 Å². The molecular formula is C11H21NO3. The summed E-state index contributed by atoms with van der Waals surface area (Å²) < 4.78 is 4.65. The van der Waals surface area contributed by atoms with Crippen LogP contribution < -0.4 is 0 Å². The number of carbonyl (C=O) groups excluding carboxylic acids is 1. The van der Waals surface area contributed by atoms with E-state index in [0.29, 0.717) is 19.6 Å². The van der Waals surface area contributed by atoms with Crippen LogP contribution in [0.2, 0.25) is 0 Å². The summed E-state index contributed by atoms with van der Waals surface area (Å²) in [4.78, 5) is 13.3. The first kappa shape index (κ1) is 12.5. The molecule has 0 aliphatic carbocycles. The second kappa shape index (κ2) is 4.94. The average Bonchev–Trinajstić information content (AvgIpc) is 2.14. The van der Waals surface area contributed by atoms with Crippen molar-refractivity contribution in [1.29, 1.82) is 0 Å². The Balaban J connectivity index is 2.25. The van der Waals surface area contributed by atoms with Crippen molar-refractivity contribution in [3.8, 4) is 0 Å². The fourth-order valence-corrected chi connectivity index (χ4v) is 2.20. The predicted molar refractivity (Wildman–Crippen MR) is 57.5 cm³/mol. The van der Waals surface area contributed by atoms with Crippen molar-refractivity contribution in [2.45, 2.75) is 32.3 Å². The molecule has 1 fully saturated rings. The van der Waals surface area contributed by atoms with Gasteiger partial charge in [0.1, 0.15) is 0 Å². The van der Waals surface area contributed by atoms with E-state index in [1.807, 2.05) is 6.92 Å². The molecule has 1 rings (SSSR count). The fourth-order valence-electron chi connectivity index (χ4n) is 2.20. The van der Waals surface area contributed by atoms with E-state index < -0.39 is 5.60 Å². The van der Waals surface area contributed by atoms with Gasteiger partial charge in [-0.3, -0.25) is 9.69 Å². The van der Waals surface area contributed by atoms with Crippen LogP contribution in [0.3, 0.4) is 0 Å². The van der Waals surface area contributed by atoms with Crippen molar-refractivity contribution < 1.29 is 14.6 Å². The minimum atomic E-state index is -0.509. The lowest BCUT2D eigenvalue weighted by Gasteiger charge is -2.47. The summed E-state index contributed by atoms with van der Waals surface area (Å²) in [6.45, 7) is 5.96. The van der Waals surface area contributed by atoms with Crippen LogP contribution in [0.1, 0.15) is 26.7 Å². The summed E-state index contributed by atoms with van der Waals surface area (Å²) in [5.74, 6) is -0.290.